The summed E-state index contributed by atoms with van der Waals surface area (Å²) < 4.78 is 5.40. The lowest BCUT2D eigenvalue weighted by atomic mass is 9.80. The van der Waals surface area contributed by atoms with E-state index in [9.17, 15) is 9.59 Å². The first-order valence-electron chi connectivity index (χ1n) is 6.34. The highest BCUT2D eigenvalue weighted by molar-refractivity contribution is 5.90. The van der Waals surface area contributed by atoms with Gasteiger partial charge in [-0.3, -0.25) is 0 Å². The lowest BCUT2D eigenvalue weighted by molar-refractivity contribution is -0.0671. The highest BCUT2D eigenvalue weighted by Crippen LogP contribution is 2.34. The van der Waals surface area contributed by atoms with Crippen molar-refractivity contribution in [2.75, 3.05) is 19.0 Å². The van der Waals surface area contributed by atoms with E-state index >= 15 is 0 Å². The van der Waals surface area contributed by atoms with Gasteiger partial charge in [-0.15, -0.1) is 0 Å². The van der Waals surface area contributed by atoms with Gasteiger partial charge in [0.25, 0.3) is 0 Å². The quantitative estimate of drug-likeness (QED) is 0.757. The number of nitrogens with zero attached hydrogens (tertiary/aromatic N) is 1. The fourth-order valence-electron chi connectivity index (χ4n) is 2.04. The Morgan fingerprint density at radius 3 is 2.65 bits per heavy atom. The lowest BCUT2D eigenvalue weighted by Gasteiger charge is -2.40. The summed E-state index contributed by atoms with van der Waals surface area (Å²) >= 11 is 0. The number of carboxylic acid groups (broad SMARTS) is 1. The molecule has 0 bridgehead atoms. The van der Waals surface area contributed by atoms with E-state index in [-0.39, 0.29) is 17.3 Å². The molecular formula is C13H17N3O4. The molecule has 1 aliphatic carbocycles. The van der Waals surface area contributed by atoms with Gasteiger partial charge in [0.15, 0.2) is 0 Å². The van der Waals surface area contributed by atoms with Crippen LogP contribution in [0.1, 0.15) is 29.8 Å². The molecule has 0 saturated heterocycles. The van der Waals surface area contributed by atoms with Gasteiger partial charge in [0, 0.05) is 13.7 Å². The molecule has 20 heavy (non-hydrogen) atoms. The van der Waals surface area contributed by atoms with E-state index < -0.39 is 5.97 Å². The molecule has 3 N–H and O–H groups in total. The molecule has 0 spiro atoms. The summed E-state index contributed by atoms with van der Waals surface area (Å²) in [5.74, 6) is -1.10. The van der Waals surface area contributed by atoms with Gasteiger partial charge < -0.3 is 20.5 Å². The van der Waals surface area contributed by atoms with Gasteiger partial charge in [0.05, 0.1) is 17.5 Å². The van der Waals surface area contributed by atoms with Crippen LogP contribution in [0.3, 0.4) is 0 Å². The molecule has 1 saturated carbocycles. The monoisotopic (exact) mass is 279 g/mol. The van der Waals surface area contributed by atoms with Crippen molar-refractivity contribution in [2.24, 2.45) is 0 Å². The van der Waals surface area contributed by atoms with Crippen LogP contribution in [0, 0.1) is 0 Å². The third-order valence-electron chi connectivity index (χ3n) is 3.51. The second-order valence-electron chi connectivity index (χ2n) is 4.79. The van der Waals surface area contributed by atoms with Crippen molar-refractivity contribution >= 4 is 17.7 Å². The second kappa shape index (κ2) is 5.87. The van der Waals surface area contributed by atoms with Crippen molar-refractivity contribution in [2.45, 2.75) is 24.9 Å². The van der Waals surface area contributed by atoms with Gasteiger partial charge in [-0.2, -0.15) is 0 Å². The summed E-state index contributed by atoms with van der Waals surface area (Å²) in [5.41, 5.74) is 0.138. The molecule has 1 fully saturated rings. The Balaban J connectivity index is 1.83. The number of hydrogen-bond acceptors (Lipinski definition) is 4. The zero-order chi connectivity index (χ0) is 14.6. The van der Waals surface area contributed by atoms with E-state index in [0.717, 1.165) is 19.3 Å². The number of carboxylic acids is 1. The van der Waals surface area contributed by atoms with E-state index in [1.165, 1.54) is 18.3 Å². The summed E-state index contributed by atoms with van der Waals surface area (Å²) in [5, 5.41) is 14.1. The Morgan fingerprint density at radius 2 is 2.20 bits per heavy atom. The predicted molar refractivity (Wildman–Crippen MR) is 71.8 cm³/mol. The van der Waals surface area contributed by atoms with Crippen molar-refractivity contribution in [1.29, 1.82) is 0 Å². The highest BCUT2D eigenvalue weighted by Gasteiger charge is 2.37. The molecule has 0 radical (unpaired) electrons. The normalized spacial score (nSPS) is 16.1. The Labute approximate surface area is 116 Å². The summed E-state index contributed by atoms with van der Waals surface area (Å²) in [6.07, 6.45) is 4.30. The molecule has 0 unspecified atom stereocenters. The zero-order valence-electron chi connectivity index (χ0n) is 11.2. The maximum Gasteiger partial charge on any atom is 0.354 e. The number of rotatable bonds is 5. The maximum atomic E-state index is 11.7. The first-order valence-corrected chi connectivity index (χ1v) is 6.34. The van der Waals surface area contributed by atoms with Crippen molar-refractivity contribution in [3.63, 3.8) is 0 Å². The van der Waals surface area contributed by atoms with Gasteiger partial charge in [-0.05, 0) is 31.4 Å². The summed E-state index contributed by atoms with van der Waals surface area (Å²) in [4.78, 5) is 26.1. The Morgan fingerprint density at radius 1 is 1.45 bits per heavy atom. The number of hydrogen-bond donors (Lipinski definition) is 3. The van der Waals surface area contributed by atoms with Gasteiger partial charge in [-0.25, -0.2) is 14.6 Å². The summed E-state index contributed by atoms with van der Waals surface area (Å²) in [7, 11) is 1.65. The largest absolute Gasteiger partial charge is 0.477 e. The smallest absolute Gasteiger partial charge is 0.354 e. The second-order valence-corrected chi connectivity index (χ2v) is 4.79. The Bertz CT molecular complexity index is 491. The van der Waals surface area contributed by atoms with Crippen LogP contribution in [-0.4, -0.2) is 41.3 Å². The maximum absolute atomic E-state index is 11.7. The van der Waals surface area contributed by atoms with Gasteiger partial charge in [0.1, 0.15) is 5.69 Å². The molecule has 108 valence electrons. The molecule has 1 heterocycles. The third-order valence-corrected chi connectivity index (χ3v) is 3.51. The number of nitrogens with one attached hydrogen (secondary N) is 2. The fourth-order valence-corrected chi connectivity index (χ4v) is 2.04. The number of anilines is 1. The molecular weight excluding hydrogens is 262 g/mol. The molecule has 2 amide bonds. The average Bonchev–Trinajstić information content (AvgIpc) is 2.38. The number of methoxy groups -OCH3 is 1. The Kier molecular flexibility index (Phi) is 4.19. The lowest BCUT2D eigenvalue weighted by Crippen LogP contribution is -2.50. The van der Waals surface area contributed by atoms with E-state index in [4.69, 9.17) is 9.84 Å². The van der Waals surface area contributed by atoms with Crippen LogP contribution < -0.4 is 10.6 Å². The van der Waals surface area contributed by atoms with Gasteiger partial charge in [-0.1, -0.05) is 0 Å². The highest BCUT2D eigenvalue weighted by atomic mass is 16.5. The topological polar surface area (TPSA) is 101 Å². The average molecular weight is 279 g/mol. The zero-order valence-corrected chi connectivity index (χ0v) is 11.2. The molecule has 1 aromatic rings. The molecule has 0 aromatic carbocycles. The van der Waals surface area contributed by atoms with Crippen molar-refractivity contribution in [1.82, 2.24) is 10.3 Å². The molecule has 2 rings (SSSR count). The van der Waals surface area contributed by atoms with E-state index in [1.54, 1.807) is 7.11 Å². The predicted octanol–water partition coefficient (Wildman–Crippen LogP) is 1.47. The van der Waals surface area contributed by atoms with Crippen LogP contribution in [0.25, 0.3) is 0 Å². The van der Waals surface area contributed by atoms with Crippen molar-refractivity contribution in [3.8, 4) is 0 Å². The number of carbonyl (C=O) groups is 2. The van der Waals surface area contributed by atoms with Gasteiger partial charge >= 0.3 is 12.0 Å². The minimum atomic E-state index is -1.10. The van der Waals surface area contributed by atoms with E-state index in [1.807, 2.05) is 0 Å². The van der Waals surface area contributed by atoms with E-state index in [2.05, 4.69) is 15.6 Å². The number of urea groups is 1. The number of amides is 2. The molecule has 1 aliphatic rings. The van der Waals surface area contributed by atoms with E-state index in [0.29, 0.717) is 12.2 Å². The summed E-state index contributed by atoms with van der Waals surface area (Å²) in [6, 6.07) is 2.46. The van der Waals surface area contributed by atoms with Gasteiger partial charge in [0.2, 0.25) is 0 Å². The Hall–Kier alpha value is -2.15. The number of aromatic nitrogens is 1. The van der Waals surface area contributed by atoms with Crippen LogP contribution in [0.2, 0.25) is 0 Å². The minimum Gasteiger partial charge on any atom is -0.477 e. The number of pyridine rings is 1. The first kappa shape index (κ1) is 14.3. The fraction of sp³-hybridized carbons (Fsp3) is 0.462. The van der Waals surface area contributed by atoms with Crippen LogP contribution in [0.5, 0.6) is 0 Å². The van der Waals surface area contributed by atoms with Crippen LogP contribution >= 0.6 is 0 Å². The molecule has 7 heteroatoms. The molecule has 7 nitrogen and oxygen atoms in total. The number of carbonyl (C=O) groups excluding carboxylic acids is 1. The summed E-state index contributed by atoms with van der Waals surface area (Å²) in [6.45, 7) is 0.454. The van der Waals surface area contributed by atoms with Crippen LogP contribution in [0.4, 0.5) is 10.5 Å². The number of aromatic carboxylic acids is 1. The number of ether oxygens (including phenoxy) is 1. The third kappa shape index (κ3) is 3.24. The standard InChI is InChI=1S/C13H17N3O4/c1-20-13(5-2-6-13)8-15-12(19)16-9-3-4-10(11(17)18)14-7-9/h3-4,7H,2,5-6,8H2,1H3,(H,17,18)(H2,15,16,19). The van der Waals surface area contributed by atoms with Crippen LogP contribution in [-0.2, 0) is 4.74 Å². The molecule has 0 aliphatic heterocycles. The van der Waals surface area contributed by atoms with Crippen LogP contribution in [0.15, 0.2) is 18.3 Å². The van der Waals surface area contributed by atoms with Crippen molar-refractivity contribution in [3.05, 3.63) is 24.0 Å². The van der Waals surface area contributed by atoms with Crippen molar-refractivity contribution < 1.29 is 19.4 Å². The minimum absolute atomic E-state index is 0.0660. The molecule has 1 aromatic heterocycles. The SMILES string of the molecule is COC1(CNC(=O)Nc2ccc(C(=O)O)nc2)CCC1. The molecule has 0 atom stereocenters. The first-order chi connectivity index (χ1) is 9.54.